The predicted octanol–water partition coefficient (Wildman–Crippen LogP) is 1.63. The Balaban J connectivity index is 1.64. The molecule has 1 unspecified atom stereocenters. The van der Waals surface area contributed by atoms with Crippen molar-refractivity contribution in [2.75, 3.05) is 13.1 Å². The molecule has 2 amide bonds. The molecule has 3 rings (SSSR count). The number of hydrogen-bond donors (Lipinski definition) is 2. The Bertz CT molecular complexity index is 758. The van der Waals surface area contributed by atoms with Crippen LogP contribution in [0.25, 0.3) is 0 Å². The molecule has 2 heterocycles. The topological polar surface area (TPSA) is 95.9 Å². The molecule has 0 bridgehead atoms. The van der Waals surface area contributed by atoms with Crippen molar-refractivity contribution in [2.45, 2.75) is 50.7 Å². The number of piperidine rings is 1. The number of aryl methyl sites for hydroxylation is 1. The predicted molar refractivity (Wildman–Crippen MR) is 93.7 cm³/mol. The summed E-state index contributed by atoms with van der Waals surface area (Å²) in [4.78, 5) is 37.1. The fraction of sp³-hybridized carbons (Fsp3) is 0.526. The maximum absolute atomic E-state index is 14.0. The van der Waals surface area contributed by atoms with E-state index in [4.69, 9.17) is 4.74 Å². The van der Waals surface area contributed by atoms with Gasteiger partial charge in [0.05, 0.1) is 0 Å². The molecule has 2 fully saturated rings. The average Bonchev–Trinajstić information content (AvgIpc) is 3.03. The second-order valence-electron chi connectivity index (χ2n) is 7.22. The van der Waals surface area contributed by atoms with Crippen molar-refractivity contribution < 1.29 is 28.6 Å². The summed E-state index contributed by atoms with van der Waals surface area (Å²) in [6.07, 6.45) is 1.40. The minimum atomic E-state index is -1.56. The number of nitrogens with zero attached hydrogens (tertiary/aromatic N) is 1. The van der Waals surface area contributed by atoms with Crippen LogP contribution in [-0.2, 0) is 14.4 Å². The molecule has 2 aliphatic rings. The van der Waals surface area contributed by atoms with Gasteiger partial charge in [0.25, 0.3) is 0 Å². The first kappa shape index (κ1) is 19.1. The molecule has 0 saturated carbocycles. The van der Waals surface area contributed by atoms with E-state index in [0.29, 0.717) is 12.8 Å². The number of halogens is 1. The van der Waals surface area contributed by atoms with E-state index < -0.39 is 17.4 Å². The third-order valence-electron chi connectivity index (χ3n) is 5.21. The van der Waals surface area contributed by atoms with E-state index in [-0.39, 0.29) is 56.0 Å². The second-order valence-corrected chi connectivity index (χ2v) is 7.22. The number of likely N-dealkylation sites (tertiary alicyclic amines) is 1. The molecule has 2 N–H and O–H groups in total. The second kappa shape index (κ2) is 7.54. The fourth-order valence-corrected chi connectivity index (χ4v) is 3.55. The van der Waals surface area contributed by atoms with Gasteiger partial charge in [-0.05, 0) is 31.0 Å². The van der Waals surface area contributed by atoms with Crippen molar-refractivity contribution >= 4 is 17.8 Å². The summed E-state index contributed by atoms with van der Waals surface area (Å²) in [7, 11) is 0. The molecular weight excluding hydrogens is 355 g/mol. The van der Waals surface area contributed by atoms with E-state index in [1.807, 2.05) is 0 Å². The van der Waals surface area contributed by atoms with Gasteiger partial charge in [0, 0.05) is 44.8 Å². The standard InChI is InChI=1S/C19H23FN2O5/c1-12-2-4-14(20)15(10-12)27-19(18(25)26)6-8-22(9-7-19)17(24)11-13-3-5-16(23)21-13/h2,4,10,13H,3,5-9,11H2,1H3,(H,21,23)(H,25,26). The van der Waals surface area contributed by atoms with Crippen LogP contribution in [0.1, 0.15) is 37.7 Å². The SMILES string of the molecule is Cc1ccc(F)c(OC2(C(=O)O)CCN(C(=O)CC3CCC(=O)N3)CC2)c1. The molecule has 1 aromatic carbocycles. The molecule has 27 heavy (non-hydrogen) atoms. The third-order valence-corrected chi connectivity index (χ3v) is 5.21. The van der Waals surface area contributed by atoms with Gasteiger partial charge in [0.2, 0.25) is 17.4 Å². The number of benzene rings is 1. The third kappa shape index (κ3) is 4.20. The van der Waals surface area contributed by atoms with Crippen LogP contribution in [0.5, 0.6) is 5.75 Å². The van der Waals surface area contributed by atoms with Gasteiger partial charge in [-0.1, -0.05) is 6.07 Å². The highest BCUT2D eigenvalue weighted by Gasteiger charge is 2.45. The Hall–Kier alpha value is -2.64. The number of nitrogens with one attached hydrogen (secondary N) is 1. The summed E-state index contributed by atoms with van der Waals surface area (Å²) in [5.41, 5.74) is -0.800. The van der Waals surface area contributed by atoms with Crippen LogP contribution in [0.3, 0.4) is 0 Å². The van der Waals surface area contributed by atoms with Gasteiger partial charge in [0.1, 0.15) is 0 Å². The van der Waals surface area contributed by atoms with Gasteiger partial charge >= 0.3 is 5.97 Å². The Morgan fingerprint density at radius 2 is 2.07 bits per heavy atom. The van der Waals surface area contributed by atoms with E-state index in [0.717, 1.165) is 5.56 Å². The summed E-state index contributed by atoms with van der Waals surface area (Å²) in [5, 5.41) is 12.5. The van der Waals surface area contributed by atoms with Gasteiger partial charge in [0.15, 0.2) is 11.6 Å². The molecule has 7 nitrogen and oxygen atoms in total. The maximum atomic E-state index is 14.0. The lowest BCUT2D eigenvalue weighted by Gasteiger charge is -2.39. The molecule has 0 spiro atoms. The van der Waals surface area contributed by atoms with E-state index in [1.165, 1.54) is 12.1 Å². The quantitative estimate of drug-likeness (QED) is 0.812. The number of rotatable bonds is 5. The summed E-state index contributed by atoms with van der Waals surface area (Å²) in [6, 6.07) is 4.14. The van der Waals surface area contributed by atoms with E-state index in [2.05, 4.69) is 5.32 Å². The largest absolute Gasteiger partial charge is 0.478 e. The number of carbonyl (C=O) groups excluding carboxylic acids is 2. The van der Waals surface area contributed by atoms with Crippen LogP contribution in [0.2, 0.25) is 0 Å². The van der Waals surface area contributed by atoms with Crippen molar-refractivity contribution in [1.82, 2.24) is 10.2 Å². The molecule has 8 heteroatoms. The summed E-state index contributed by atoms with van der Waals surface area (Å²) < 4.78 is 19.6. The molecule has 1 atom stereocenters. The van der Waals surface area contributed by atoms with Crippen LogP contribution in [0, 0.1) is 12.7 Å². The first-order valence-corrected chi connectivity index (χ1v) is 9.05. The van der Waals surface area contributed by atoms with Crippen LogP contribution >= 0.6 is 0 Å². The first-order chi connectivity index (χ1) is 12.8. The smallest absolute Gasteiger partial charge is 0.348 e. The lowest BCUT2D eigenvalue weighted by Crippen LogP contribution is -2.54. The highest BCUT2D eigenvalue weighted by molar-refractivity contribution is 5.83. The number of carboxylic acid groups (broad SMARTS) is 1. The van der Waals surface area contributed by atoms with Gasteiger partial charge in [-0.2, -0.15) is 0 Å². The number of carboxylic acids is 1. The molecule has 146 valence electrons. The van der Waals surface area contributed by atoms with Crippen LogP contribution < -0.4 is 10.1 Å². The molecule has 0 aliphatic carbocycles. The zero-order valence-corrected chi connectivity index (χ0v) is 15.2. The Morgan fingerprint density at radius 3 is 2.67 bits per heavy atom. The lowest BCUT2D eigenvalue weighted by molar-refractivity contribution is -0.162. The fourth-order valence-electron chi connectivity index (χ4n) is 3.55. The lowest BCUT2D eigenvalue weighted by atomic mass is 9.90. The molecular formula is C19H23FN2O5. The van der Waals surface area contributed by atoms with E-state index >= 15 is 0 Å². The first-order valence-electron chi connectivity index (χ1n) is 9.05. The molecule has 2 saturated heterocycles. The number of amides is 2. The van der Waals surface area contributed by atoms with Gasteiger partial charge in [-0.15, -0.1) is 0 Å². The summed E-state index contributed by atoms with van der Waals surface area (Å²) >= 11 is 0. The van der Waals surface area contributed by atoms with Gasteiger partial charge in [-0.3, -0.25) is 9.59 Å². The van der Waals surface area contributed by atoms with Crippen LogP contribution in [0.4, 0.5) is 4.39 Å². The number of carbonyl (C=O) groups is 3. The zero-order chi connectivity index (χ0) is 19.6. The highest BCUT2D eigenvalue weighted by Crippen LogP contribution is 2.31. The van der Waals surface area contributed by atoms with Crippen LogP contribution in [-0.4, -0.2) is 52.5 Å². The van der Waals surface area contributed by atoms with Crippen LogP contribution in [0.15, 0.2) is 18.2 Å². The number of hydrogen-bond acceptors (Lipinski definition) is 4. The Kier molecular flexibility index (Phi) is 5.34. The minimum Gasteiger partial charge on any atom is -0.478 e. The van der Waals surface area contributed by atoms with Gasteiger partial charge < -0.3 is 20.1 Å². The number of aliphatic carboxylic acids is 1. The maximum Gasteiger partial charge on any atom is 0.348 e. The molecule has 0 radical (unpaired) electrons. The molecule has 1 aromatic rings. The van der Waals surface area contributed by atoms with E-state index in [9.17, 15) is 23.9 Å². The molecule has 2 aliphatic heterocycles. The van der Waals surface area contributed by atoms with Crippen molar-refractivity contribution in [2.24, 2.45) is 0 Å². The number of ether oxygens (including phenoxy) is 1. The van der Waals surface area contributed by atoms with E-state index in [1.54, 1.807) is 17.9 Å². The van der Waals surface area contributed by atoms with Crippen molar-refractivity contribution in [3.63, 3.8) is 0 Å². The van der Waals surface area contributed by atoms with Gasteiger partial charge in [-0.25, -0.2) is 9.18 Å². The summed E-state index contributed by atoms with van der Waals surface area (Å²) in [5.74, 6) is -2.05. The van der Waals surface area contributed by atoms with Crippen molar-refractivity contribution in [3.05, 3.63) is 29.6 Å². The minimum absolute atomic E-state index is 0.0510. The highest BCUT2D eigenvalue weighted by atomic mass is 19.1. The zero-order valence-electron chi connectivity index (χ0n) is 15.2. The summed E-state index contributed by atoms with van der Waals surface area (Å²) in [6.45, 7) is 2.18. The average molecular weight is 378 g/mol. The van der Waals surface area contributed by atoms with Crippen molar-refractivity contribution in [1.29, 1.82) is 0 Å². The Morgan fingerprint density at radius 1 is 1.37 bits per heavy atom. The monoisotopic (exact) mass is 378 g/mol. The molecule has 0 aromatic heterocycles. The normalized spacial score (nSPS) is 21.6. The van der Waals surface area contributed by atoms with Crippen molar-refractivity contribution in [3.8, 4) is 5.75 Å². The Labute approximate surface area is 156 Å².